The Morgan fingerprint density at radius 1 is 1.11 bits per heavy atom. The van der Waals surface area contributed by atoms with Crippen molar-refractivity contribution < 1.29 is 22.7 Å². The number of hydrogen-bond donors (Lipinski definition) is 0. The smallest absolute Gasteiger partial charge is 0.422 e. The maximum absolute atomic E-state index is 12.7. The monoisotopic (exact) mass is 380 g/mol. The SMILES string of the molecule is O=C(c1cccnc1OCC(F)(F)F)N1CCN(Cc2cccnc2)CC1. The first kappa shape index (κ1) is 19.1. The molecule has 0 bridgehead atoms. The number of carbonyl (C=O) groups excluding carboxylic acids is 1. The Hall–Kier alpha value is -2.68. The lowest BCUT2D eigenvalue weighted by Crippen LogP contribution is -2.48. The number of carbonyl (C=O) groups is 1. The Morgan fingerprint density at radius 3 is 2.52 bits per heavy atom. The van der Waals surface area contributed by atoms with Crippen LogP contribution in [0.15, 0.2) is 42.9 Å². The fourth-order valence-electron chi connectivity index (χ4n) is 2.85. The van der Waals surface area contributed by atoms with Crippen LogP contribution in [-0.2, 0) is 6.54 Å². The van der Waals surface area contributed by atoms with Gasteiger partial charge in [0.05, 0.1) is 0 Å². The van der Waals surface area contributed by atoms with Crippen molar-refractivity contribution in [3.63, 3.8) is 0 Å². The van der Waals surface area contributed by atoms with Crippen molar-refractivity contribution in [2.45, 2.75) is 12.7 Å². The van der Waals surface area contributed by atoms with E-state index in [1.165, 1.54) is 18.3 Å². The maximum Gasteiger partial charge on any atom is 0.422 e. The molecule has 6 nitrogen and oxygen atoms in total. The summed E-state index contributed by atoms with van der Waals surface area (Å²) in [5.41, 5.74) is 1.13. The summed E-state index contributed by atoms with van der Waals surface area (Å²) in [7, 11) is 0. The molecule has 2 aromatic heterocycles. The fourth-order valence-corrected chi connectivity index (χ4v) is 2.85. The van der Waals surface area contributed by atoms with Crippen LogP contribution >= 0.6 is 0 Å². The standard InChI is InChI=1S/C18H19F3N4O2/c19-18(20,21)13-27-16-15(4-2-6-23-16)17(26)25-9-7-24(8-10-25)12-14-3-1-5-22-11-14/h1-6,11H,7-10,12-13H2. The molecule has 1 aliphatic rings. The highest BCUT2D eigenvalue weighted by atomic mass is 19.4. The molecule has 0 unspecified atom stereocenters. The van der Waals surface area contributed by atoms with E-state index in [1.807, 2.05) is 12.1 Å². The molecule has 0 spiro atoms. The summed E-state index contributed by atoms with van der Waals surface area (Å²) in [6.45, 7) is 1.55. The van der Waals surface area contributed by atoms with E-state index >= 15 is 0 Å². The van der Waals surface area contributed by atoms with Crippen LogP contribution in [0.1, 0.15) is 15.9 Å². The van der Waals surface area contributed by atoms with Crippen LogP contribution in [-0.4, -0.2) is 64.6 Å². The third kappa shape index (κ3) is 5.40. The molecule has 27 heavy (non-hydrogen) atoms. The Balaban J connectivity index is 1.59. The number of halogens is 3. The highest BCUT2D eigenvalue weighted by molar-refractivity contribution is 5.96. The van der Waals surface area contributed by atoms with Crippen molar-refractivity contribution in [1.29, 1.82) is 0 Å². The van der Waals surface area contributed by atoms with E-state index in [2.05, 4.69) is 14.9 Å². The van der Waals surface area contributed by atoms with E-state index < -0.39 is 12.8 Å². The number of rotatable bonds is 5. The molecule has 0 atom stereocenters. The van der Waals surface area contributed by atoms with Crippen molar-refractivity contribution in [2.24, 2.45) is 0 Å². The Kier molecular flexibility index (Phi) is 5.90. The largest absolute Gasteiger partial charge is 0.467 e. The molecule has 1 saturated heterocycles. The third-order valence-electron chi connectivity index (χ3n) is 4.16. The quantitative estimate of drug-likeness (QED) is 0.797. The second kappa shape index (κ2) is 8.34. The number of alkyl halides is 3. The van der Waals surface area contributed by atoms with Crippen molar-refractivity contribution in [3.8, 4) is 5.88 Å². The molecule has 144 valence electrons. The topological polar surface area (TPSA) is 58.6 Å². The second-order valence-electron chi connectivity index (χ2n) is 6.19. The van der Waals surface area contributed by atoms with Gasteiger partial charge in [0.25, 0.3) is 5.91 Å². The van der Waals surface area contributed by atoms with E-state index in [0.29, 0.717) is 26.2 Å². The number of nitrogens with zero attached hydrogens (tertiary/aromatic N) is 4. The van der Waals surface area contributed by atoms with Crippen LogP contribution in [0.25, 0.3) is 0 Å². The Bertz CT molecular complexity index is 763. The van der Waals surface area contributed by atoms with Crippen LogP contribution in [0, 0.1) is 0 Å². The summed E-state index contributed by atoms with van der Waals surface area (Å²) in [4.78, 5) is 24.4. The first-order valence-electron chi connectivity index (χ1n) is 8.47. The lowest BCUT2D eigenvalue weighted by molar-refractivity contribution is -0.154. The van der Waals surface area contributed by atoms with Crippen LogP contribution in [0.2, 0.25) is 0 Å². The molecule has 0 saturated carbocycles. The minimum Gasteiger partial charge on any atom is -0.467 e. The maximum atomic E-state index is 12.7. The summed E-state index contributed by atoms with van der Waals surface area (Å²) in [6, 6.07) is 6.81. The Labute approximate surface area is 154 Å². The van der Waals surface area contributed by atoms with Gasteiger partial charge in [-0.3, -0.25) is 14.7 Å². The molecule has 1 amide bonds. The van der Waals surface area contributed by atoms with Gasteiger partial charge in [-0.05, 0) is 23.8 Å². The molecular weight excluding hydrogens is 361 g/mol. The zero-order chi connectivity index (χ0) is 19.3. The number of piperazine rings is 1. The first-order chi connectivity index (χ1) is 12.9. The average Bonchev–Trinajstić information content (AvgIpc) is 2.67. The van der Waals surface area contributed by atoms with Crippen LogP contribution < -0.4 is 4.74 Å². The summed E-state index contributed by atoms with van der Waals surface area (Å²) < 4.78 is 41.9. The molecule has 3 rings (SSSR count). The van der Waals surface area contributed by atoms with E-state index in [0.717, 1.165) is 12.1 Å². The highest BCUT2D eigenvalue weighted by Crippen LogP contribution is 2.22. The van der Waals surface area contributed by atoms with Crippen LogP contribution in [0.3, 0.4) is 0 Å². The molecule has 0 aromatic carbocycles. The minimum atomic E-state index is -4.49. The Morgan fingerprint density at radius 2 is 1.85 bits per heavy atom. The van der Waals surface area contributed by atoms with Crippen molar-refractivity contribution in [1.82, 2.24) is 19.8 Å². The zero-order valence-corrected chi connectivity index (χ0v) is 14.5. The van der Waals surface area contributed by atoms with Gasteiger partial charge in [-0.15, -0.1) is 0 Å². The van der Waals surface area contributed by atoms with Gasteiger partial charge in [0.2, 0.25) is 5.88 Å². The fraction of sp³-hybridized carbons (Fsp3) is 0.389. The van der Waals surface area contributed by atoms with E-state index in [-0.39, 0.29) is 17.4 Å². The van der Waals surface area contributed by atoms with E-state index in [9.17, 15) is 18.0 Å². The molecule has 1 aliphatic heterocycles. The normalized spacial score (nSPS) is 15.6. The van der Waals surface area contributed by atoms with Gasteiger partial charge in [-0.1, -0.05) is 6.07 Å². The lowest BCUT2D eigenvalue weighted by Gasteiger charge is -2.34. The van der Waals surface area contributed by atoms with Crippen LogP contribution in [0.5, 0.6) is 5.88 Å². The number of hydrogen-bond acceptors (Lipinski definition) is 5. The van der Waals surface area contributed by atoms with Crippen molar-refractivity contribution >= 4 is 5.91 Å². The van der Waals surface area contributed by atoms with Crippen molar-refractivity contribution in [2.75, 3.05) is 32.8 Å². The van der Waals surface area contributed by atoms with Gasteiger partial charge in [-0.2, -0.15) is 13.2 Å². The molecular formula is C18H19F3N4O2. The number of pyridine rings is 2. The van der Waals surface area contributed by atoms with Gasteiger partial charge < -0.3 is 9.64 Å². The second-order valence-corrected chi connectivity index (χ2v) is 6.19. The predicted molar refractivity (Wildman–Crippen MR) is 91.2 cm³/mol. The minimum absolute atomic E-state index is 0.0439. The molecule has 1 fully saturated rings. The van der Waals surface area contributed by atoms with E-state index in [1.54, 1.807) is 17.3 Å². The third-order valence-corrected chi connectivity index (χ3v) is 4.16. The number of aromatic nitrogens is 2. The van der Waals surface area contributed by atoms with Gasteiger partial charge >= 0.3 is 6.18 Å². The van der Waals surface area contributed by atoms with Crippen LogP contribution in [0.4, 0.5) is 13.2 Å². The summed E-state index contributed by atoms with van der Waals surface area (Å²) in [5, 5.41) is 0. The molecule has 3 heterocycles. The number of ether oxygens (including phenoxy) is 1. The first-order valence-corrected chi connectivity index (χ1v) is 8.47. The zero-order valence-electron chi connectivity index (χ0n) is 14.5. The number of amides is 1. The molecule has 0 radical (unpaired) electrons. The van der Waals surface area contributed by atoms with Crippen molar-refractivity contribution in [3.05, 3.63) is 54.0 Å². The van der Waals surface area contributed by atoms with Gasteiger partial charge in [-0.25, -0.2) is 4.98 Å². The van der Waals surface area contributed by atoms with Gasteiger partial charge in [0, 0.05) is 51.3 Å². The van der Waals surface area contributed by atoms with E-state index in [4.69, 9.17) is 4.74 Å². The highest BCUT2D eigenvalue weighted by Gasteiger charge is 2.30. The lowest BCUT2D eigenvalue weighted by atomic mass is 10.2. The summed E-state index contributed by atoms with van der Waals surface area (Å²) in [6.07, 6.45) is 0.327. The summed E-state index contributed by atoms with van der Waals surface area (Å²) >= 11 is 0. The molecule has 2 aromatic rings. The molecule has 9 heteroatoms. The average molecular weight is 380 g/mol. The molecule has 0 aliphatic carbocycles. The molecule has 0 N–H and O–H groups in total. The van der Waals surface area contributed by atoms with Gasteiger partial charge in [0.15, 0.2) is 6.61 Å². The predicted octanol–water partition coefficient (Wildman–Crippen LogP) is 2.38. The van der Waals surface area contributed by atoms with Gasteiger partial charge in [0.1, 0.15) is 5.56 Å². The summed E-state index contributed by atoms with van der Waals surface area (Å²) in [5.74, 6) is -0.668.